The molecule has 0 unspecified atom stereocenters. The number of ether oxygens (including phenoxy) is 1. The minimum atomic E-state index is 0.283. The Hall–Kier alpha value is -3.86. The van der Waals surface area contributed by atoms with E-state index in [1.54, 1.807) is 0 Å². The summed E-state index contributed by atoms with van der Waals surface area (Å²) in [4.78, 5) is 2.44. The molecule has 0 aliphatic carbocycles. The van der Waals surface area contributed by atoms with Gasteiger partial charge in [-0.25, -0.2) is 0 Å². The number of aromatic hydroxyl groups is 1. The van der Waals surface area contributed by atoms with Gasteiger partial charge in [0.25, 0.3) is 0 Å². The highest BCUT2D eigenvalue weighted by Gasteiger charge is 2.16. The average Bonchev–Trinajstić information content (AvgIpc) is 2.98. The summed E-state index contributed by atoms with van der Waals surface area (Å²) in [6, 6.07) is 35.0. The molecule has 38 heavy (non-hydrogen) atoms. The largest absolute Gasteiger partial charge is 0.507 e. The van der Waals surface area contributed by atoms with Gasteiger partial charge in [-0.15, -0.1) is 0 Å². The van der Waals surface area contributed by atoms with Gasteiger partial charge in [0, 0.05) is 38.3 Å². The number of hydrogen-bond donors (Lipinski definition) is 2. The number of phenols is 1. The van der Waals surface area contributed by atoms with E-state index in [0.29, 0.717) is 6.61 Å². The Labute approximate surface area is 226 Å². The highest BCUT2D eigenvalue weighted by atomic mass is 16.5. The van der Waals surface area contributed by atoms with Gasteiger partial charge in [-0.3, -0.25) is 4.90 Å². The van der Waals surface area contributed by atoms with Crippen molar-refractivity contribution in [2.24, 2.45) is 0 Å². The van der Waals surface area contributed by atoms with Crippen molar-refractivity contribution in [3.8, 4) is 22.6 Å². The molecule has 0 aromatic heterocycles. The standard InChI is InChI=1S/C34H36N2O2/c1-2-31(26-9-5-3-6-10-26)34(29-15-18-33(37)32(25-29)27-11-7-4-8-12-27)28-13-16-30(17-14-28)38-24-23-36-21-19-35-20-22-36/h3-18,25,35,37H,2,19-24H2,1H3. The molecule has 1 aliphatic rings. The molecule has 0 radical (unpaired) electrons. The van der Waals surface area contributed by atoms with Crippen LogP contribution in [-0.4, -0.2) is 49.3 Å². The van der Waals surface area contributed by atoms with Crippen molar-refractivity contribution in [1.29, 1.82) is 0 Å². The first kappa shape index (κ1) is 25.8. The van der Waals surface area contributed by atoms with Crippen LogP contribution < -0.4 is 10.1 Å². The summed E-state index contributed by atoms with van der Waals surface area (Å²) >= 11 is 0. The monoisotopic (exact) mass is 504 g/mol. The lowest BCUT2D eigenvalue weighted by Gasteiger charge is -2.26. The van der Waals surface area contributed by atoms with Gasteiger partial charge < -0.3 is 15.2 Å². The van der Waals surface area contributed by atoms with Crippen LogP contribution in [0.25, 0.3) is 22.3 Å². The fraction of sp³-hybridized carbons (Fsp3) is 0.235. The zero-order chi connectivity index (χ0) is 26.2. The number of allylic oxidation sites excluding steroid dienone is 1. The van der Waals surface area contributed by atoms with E-state index in [4.69, 9.17) is 4.74 Å². The van der Waals surface area contributed by atoms with Crippen LogP contribution in [0.2, 0.25) is 0 Å². The Balaban J connectivity index is 1.49. The quantitative estimate of drug-likeness (QED) is 0.249. The summed E-state index contributed by atoms with van der Waals surface area (Å²) in [5, 5.41) is 14.1. The molecular formula is C34H36N2O2. The number of piperazine rings is 1. The molecule has 0 spiro atoms. The van der Waals surface area contributed by atoms with Crippen LogP contribution in [-0.2, 0) is 0 Å². The highest BCUT2D eigenvalue weighted by molar-refractivity contribution is 5.99. The smallest absolute Gasteiger partial charge is 0.123 e. The number of rotatable bonds is 9. The lowest BCUT2D eigenvalue weighted by atomic mass is 9.87. The Morgan fingerprint density at radius 2 is 1.45 bits per heavy atom. The van der Waals surface area contributed by atoms with Crippen molar-refractivity contribution in [2.75, 3.05) is 39.3 Å². The molecule has 1 saturated heterocycles. The molecule has 5 rings (SSSR count). The molecule has 1 fully saturated rings. The summed E-state index contributed by atoms with van der Waals surface area (Å²) in [5.41, 5.74) is 7.68. The molecule has 1 heterocycles. The molecule has 0 atom stereocenters. The van der Waals surface area contributed by atoms with Gasteiger partial charge in [-0.1, -0.05) is 85.8 Å². The predicted octanol–water partition coefficient (Wildman–Crippen LogP) is 6.71. The number of hydrogen-bond acceptors (Lipinski definition) is 4. The fourth-order valence-corrected chi connectivity index (χ4v) is 5.17. The van der Waals surface area contributed by atoms with E-state index in [9.17, 15) is 5.11 Å². The maximum absolute atomic E-state index is 10.7. The average molecular weight is 505 g/mol. The van der Waals surface area contributed by atoms with Crippen molar-refractivity contribution in [3.05, 3.63) is 120 Å². The van der Waals surface area contributed by atoms with E-state index in [0.717, 1.165) is 67.1 Å². The van der Waals surface area contributed by atoms with Gasteiger partial charge in [0.15, 0.2) is 0 Å². The van der Waals surface area contributed by atoms with Crippen LogP contribution in [0.1, 0.15) is 30.0 Å². The van der Waals surface area contributed by atoms with Crippen LogP contribution in [0.4, 0.5) is 0 Å². The molecule has 4 aromatic carbocycles. The zero-order valence-electron chi connectivity index (χ0n) is 22.1. The third kappa shape index (κ3) is 6.16. The number of nitrogens with zero attached hydrogens (tertiary/aromatic N) is 1. The van der Waals surface area contributed by atoms with Gasteiger partial charge >= 0.3 is 0 Å². The summed E-state index contributed by atoms with van der Waals surface area (Å²) in [7, 11) is 0. The molecule has 0 bridgehead atoms. The maximum atomic E-state index is 10.7. The molecule has 2 N–H and O–H groups in total. The second-order valence-corrected chi connectivity index (χ2v) is 9.64. The molecule has 0 saturated carbocycles. The normalized spacial score (nSPS) is 14.7. The molecule has 0 amide bonds. The lowest BCUT2D eigenvalue weighted by Crippen LogP contribution is -2.44. The van der Waals surface area contributed by atoms with Crippen molar-refractivity contribution >= 4 is 11.1 Å². The molecule has 4 aromatic rings. The van der Waals surface area contributed by atoms with Crippen molar-refractivity contribution in [3.63, 3.8) is 0 Å². The molecule has 1 aliphatic heterocycles. The second kappa shape index (κ2) is 12.6. The SMILES string of the molecule is CCC(=C(c1ccc(OCCN2CCNCC2)cc1)c1ccc(O)c(-c2ccccc2)c1)c1ccccc1. The molecule has 4 heteroatoms. The third-order valence-corrected chi connectivity index (χ3v) is 7.18. The van der Waals surface area contributed by atoms with E-state index in [1.807, 2.05) is 42.5 Å². The Morgan fingerprint density at radius 3 is 2.13 bits per heavy atom. The first-order valence-corrected chi connectivity index (χ1v) is 13.6. The van der Waals surface area contributed by atoms with E-state index in [-0.39, 0.29) is 5.75 Å². The minimum Gasteiger partial charge on any atom is -0.507 e. The first-order valence-electron chi connectivity index (χ1n) is 13.6. The van der Waals surface area contributed by atoms with Gasteiger partial charge in [0.2, 0.25) is 0 Å². The number of nitrogens with one attached hydrogen (secondary N) is 1. The second-order valence-electron chi connectivity index (χ2n) is 9.64. The van der Waals surface area contributed by atoms with Crippen LogP contribution >= 0.6 is 0 Å². The van der Waals surface area contributed by atoms with Crippen LogP contribution in [0.5, 0.6) is 11.5 Å². The molecule has 4 nitrogen and oxygen atoms in total. The van der Waals surface area contributed by atoms with E-state index >= 15 is 0 Å². The van der Waals surface area contributed by atoms with Gasteiger partial charge in [0.1, 0.15) is 18.1 Å². The van der Waals surface area contributed by atoms with Gasteiger partial charge in [-0.05, 0) is 64.1 Å². The van der Waals surface area contributed by atoms with Crippen molar-refractivity contribution < 1.29 is 9.84 Å². The summed E-state index contributed by atoms with van der Waals surface area (Å²) in [6.07, 6.45) is 0.879. The maximum Gasteiger partial charge on any atom is 0.123 e. The number of phenolic OH excluding ortho intramolecular Hbond substituents is 1. The highest BCUT2D eigenvalue weighted by Crippen LogP contribution is 2.39. The molecular weight excluding hydrogens is 468 g/mol. The Morgan fingerprint density at radius 1 is 0.789 bits per heavy atom. The summed E-state index contributed by atoms with van der Waals surface area (Å²) in [6.45, 7) is 8.08. The first-order chi connectivity index (χ1) is 18.7. The van der Waals surface area contributed by atoms with E-state index in [1.165, 1.54) is 16.7 Å². The van der Waals surface area contributed by atoms with E-state index < -0.39 is 0 Å². The minimum absolute atomic E-state index is 0.283. The van der Waals surface area contributed by atoms with Crippen LogP contribution in [0.15, 0.2) is 103 Å². The Kier molecular flexibility index (Phi) is 8.54. The summed E-state index contributed by atoms with van der Waals surface area (Å²) in [5.74, 6) is 1.17. The third-order valence-electron chi connectivity index (χ3n) is 7.18. The van der Waals surface area contributed by atoms with Crippen molar-refractivity contribution in [2.45, 2.75) is 13.3 Å². The lowest BCUT2D eigenvalue weighted by molar-refractivity contribution is 0.191. The summed E-state index contributed by atoms with van der Waals surface area (Å²) < 4.78 is 6.10. The Bertz CT molecular complexity index is 1340. The number of benzene rings is 4. The van der Waals surface area contributed by atoms with Crippen molar-refractivity contribution in [1.82, 2.24) is 10.2 Å². The van der Waals surface area contributed by atoms with E-state index in [2.05, 4.69) is 77.8 Å². The topological polar surface area (TPSA) is 44.7 Å². The molecule has 194 valence electrons. The van der Waals surface area contributed by atoms with Gasteiger partial charge in [-0.2, -0.15) is 0 Å². The van der Waals surface area contributed by atoms with Crippen LogP contribution in [0, 0.1) is 0 Å². The predicted molar refractivity (Wildman–Crippen MR) is 157 cm³/mol. The fourth-order valence-electron chi connectivity index (χ4n) is 5.17. The van der Waals surface area contributed by atoms with Crippen LogP contribution in [0.3, 0.4) is 0 Å². The zero-order valence-corrected chi connectivity index (χ0v) is 22.1. The van der Waals surface area contributed by atoms with Gasteiger partial charge in [0.05, 0.1) is 0 Å².